The summed E-state index contributed by atoms with van der Waals surface area (Å²) in [7, 11) is 0. The number of thiol groups is 1. The Hall–Kier alpha value is 1.44. The largest absolute Gasteiger partial charge is 0.341 e. The molecular formula is C37H75Cl3SSi. The first-order chi connectivity index (χ1) is 20.6. The first kappa shape index (κ1) is 43.4. The summed E-state index contributed by atoms with van der Waals surface area (Å²) in [6.07, 6.45) is 50.1. The molecule has 5 heteroatoms. The molecule has 0 bridgehead atoms. The first-order valence-corrected chi connectivity index (χ1v) is 25.1. The van der Waals surface area contributed by atoms with Crippen molar-refractivity contribution in [2.75, 3.05) is 5.75 Å². The molecule has 0 spiro atoms. The van der Waals surface area contributed by atoms with Crippen LogP contribution in [0.5, 0.6) is 0 Å². The maximum atomic E-state index is 5.93. The molecule has 0 radical (unpaired) electrons. The van der Waals surface area contributed by atoms with Crippen LogP contribution in [-0.4, -0.2) is 11.8 Å². The van der Waals surface area contributed by atoms with Gasteiger partial charge in [-0.15, -0.1) is 33.2 Å². The van der Waals surface area contributed by atoms with Gasteiger partial charge in [-0.05, 0) is 18.2 Å². The normalized spacial score (nSPS) is 12.0. The van der Waals surface area contributed by atoms with E-state index < -0.39 is 6.00 Å². The van der Waals surface area contributed by atoms with Gasteiger partial charge in [0.1, 0.15) is 0 Å². The lowest BCUT2D eigenvalue weighted by molar-refractivity contribution is 0.511. The van der Waals surface area contributed by atoms with E-state index in [1.54, 1.807) is 0 Å². The fraction of sp³-hybridized carbons (Fsp3) is 1.00. The predicted molar refractivity (Wildman–Crippen MR) is 204 cm³/mol. The van der Waals surface area contributed by atoms with E-state index in [0.717, 1.165) is 18.2 Å². The third-order valence-electron chi connectivity index (χ3n) is 9.12. The Morgan fingerprint density at radius 1 is 0.238 bits per heavy atom. The van der Waals surface area contributed by atoms with Crippen molar-refractivity contribution < 1.29 is 0 Å². The Bertz CT molecular complexity index is 486. The van der Waals surface area contributed by atoms with Gasteiger partial charge in [0, 0.05) is 0 Å². The third-order valence-corrected chi connectivity index (χ3v) is 12.1. The molecule has 0 heterocycles. The molecule has 0 aromatic rings. The highest BCUT2D eigenvalue weighted by Gasteiger charge is 2.23. The molecule has 0 aliphatic rings. The molecule has 42 heavy (non-hydrogen) atoms. The molecule has 0 rings (SSSR count). The molecule has 0 nitrogen and oxygen atoms in total. The number of unbranched alkanes of at least 4 members (excludes halogenated alkanes) is 34. The van der Waals surface area contributed by atoms with Crippen LogP contribution in [0.1, 0.15) is 225 Å². The van der Waals surface area contributed by atoms with Crippen molar-refractivity contribution in [1.29, 1.82) is 0 Å². The van der Waals surface area contributed by atoms with Gasteiger partial charge in [-0.3, -0.25) is 0 Å². The molecule has 0 N–H and O–H groups in total. The topological polar surface area (TPSA) is 0 Å². The first-order valence-electron chi connectivity index (χ1n) is 19.2. The SMILES string of the molecule is SCCCCCCCCCCCCCCCCCCCCCCCCCCCCCCCCCCCCC[Si](Cl)(Cl)Cl. The highest BCUT2D eigenvalue weighted by atomic mass is 35.8. The monoisotopic (exact) mass is 684 g/mol. The van der Waals surface area contributed by atoms with Gasteiger partial charge in [0.2, 0.25) is 0 Å². The van der Waals surface area contributed by atoms with Crippen molar-refractivity contribution in [3.05, 3.63) is 0 Å². The second-order valence-electron chi connectivity index (χ2n) is 13.5. The quantitative estimate of drug-likeness (QED) is 0.0286. The van der Waals surface area contributed by atoms with E-state index in [-0.39, 0.29) is 0 Å². The molecule has 0 atom stereocenters. The second-order valence-corrected chi connectivity index (χ2v) is 23.2. The third kappa shape index (κ3) is 41.4. The summed E-state index contributed by atoms with van der Waals surface area (Å²) in [6, 6.07) is -1.54. The molecule has 0 fully saturated rings. The molecule has 0 aromatic carbocycles. The Balaban J connectivity index is 3.04. The smallest absolute Gasteiger partial charge is 0.179 e. The maximum Gasteiger partial charge on any atom is 0.341 e. The minimum atomic E-state index is -2.37. The van der Waals surface area contributed by atoms with Gasteiger partial charge >= 0.3 is 6.00 Å². The van der Waals surface area contributed by atoms with E-state index in [1.807, 2.05) is 0 Å². The number of hydrogen-bond acceptors (Lipinski definition) is 1. The van der Waals surface area contributed by atoms with E-state index in [0.29, 0.717) is 0 Å². The lowest BCUT2D eigenvalue weighted by atomic mass is 10.0. The maximum absolute atomic E-state index is 5.93. The number of hydrogen-bond donors (Lipinski definition) is 1. The molecule has 0 unspecified atom stereocenters. The van der Waals surface area contributed by atoms with Gasteiger partial charge in [-0.25, -0.2) is 0 Å². The van der Waals surface area contributed by atoms with Crippen molar-refractivity contribution in [3.63, 3.8) is 0 Å². The molecule has 0 saturated carbocycles. The summed E-state index contributed by atoms with van der Waals surface area (Å²) in [6.45, 7) is 0. The molecule has 0 aliphatic heterocycles. The second kappa shape index (κ2) is 36.9. The average molecular weight is 687 g/mol. The van der Waals surface area contributed by atoms with Gasteiger partial charge in [0.15, 0.2) is 0 Å². The minimum Gasteiger partial charge on any atom is -0.179 e. The Morgan fingerprint density at radius 2 is 0.381 bits per heavy atom. The van der Waals surface area contributed by atoms with Gasteiger partial charge in [0.05, 0.1) is 0 Å². The number of rotatable bonds is 37. The summed E-state index contributed by atoms with van der Waals surface area (Å²) < 4.78 is 0. The predicted octanol–water partition coefficient (Wildman–Crippen LogP) is 16.2. The van der Waals surface area contributed by atoms with Crippen LogP contribution < -0.4 is 0 Å². The van der Waals surface area contributed by atoms with Crippen LogP contribution in [0.2, 0.25) is 6.04 Å². The van der Waals surface area contributed by atoms with Crippen molar-refractivity contribution in [2.24, 2.45) is 0 Å². The van der Waals surface area contributed by atoms with Gasteiger partial charge in [-0.1, -0.05) is 218 Å². The fourth-order valence-electron chi connectivity index (χ4n) is 6.27. The molecule has 0 saturated heterocycles. The lowest BCUT2D eigenvalue weighted by Crippen LogP contribution is -2.07. The standard InChI is InChI=1S/C37H75Cl3SSi/c38-42(39,40)37-35-33-31-29-27-25-23-21-19-17-15-13-11-9-7-5-3-1-2-4-6-8-10-12-14-16-18-20-22-24-26-28-30-32-34-36-41/h41H,1-37H2. The summed E-state index contributed by atoms with van der Waals surface area (Å²) in [5.74, 6) is 1.06. The Kier molecular flexibility index (Phi) is 38.2. The molecule has 0 aliphatic carbocycles. The van der Waals surface area contributed by atoms with E-state index >= 15 is 0 Å². The van der Waals surface area contributed by atoms with Gasteiger partial charge in [0.25, 0.3) is 0 Å². The zero-order valence-corrected chi connectivity index (χ0v) is 32.4. The summed E-state index contributed by atoms with van der Waals surface area (Å²) in [4.78, 5) is 0. The summed E-state index contributed by atoms with van der Waals surface area (Å²) >= 11 is 22.1. The summed E-state index contributed by atoms with van der Waals surface area (Å²) in [5.41, 5.74) is 0. The molecule has 254 valence electrons. The van der Waals surface area contributed by atoms with Crippen molar-refractivity contribution in [3.8, 4) is 0 Å². The van der Waals surface area contributed by atoms with Crippen molar-refractivity contribution in [1.82, 2.24) is 0 Å². The summed E-state index contributed by atoms with van der Waals surface area (Å²) in [5, 5.41) is 0. The molecular weight excluding hydrogens is 611 g/mol. The van der Waals surface area contributed by atoms with Gasteiger partial charge in [-0.2, -0.15) is 12.6 Å². The van der Waals surface area contributed by atoms with Gasteiger partial charge < -0.3 is 0 Å². The zero-order valence-electron chi connectivity index (χ0n) is 28.2. The molecule has 0 amide bonds. The highest BCUT2D eigenvalue weighted by Crippen LogP contribution is 2.27. The van der Waals surface area contributed by atoms with Crippen molar-refractivity contribution in [2.45, 2.75) is 231 Å². The van der Waals surface area contributed by atoms with Crippen LogP contribution >= 0.6 is 45.9 Å². The number of halogens is 3. The Labute approximate surface area is 286 Å². The van der Waals surface area contributed by atoms with Crippen LogP contribution in [-0.2, 0) is 0 Å². The van der Waals surface area contributed by atoms with Crippen LogP contribution in [0, 0.1) is 0 Å². The average Bonchev–Trinajstić information content (AvgIpc) is 2.96. The van der Waals surface area contributed by atoms with Crippen LogP contribution in [0.15, 0.2) is 0 Å². The minimum absolute atomic E-state index is 0.830. The highest BCUT2D eigenvalue weighted by molar-refractivity contribution is 7.80. The van der Waals surface area contributed by atoms with E-state index in [2.05, 4.69) is 12.6 Å². The zero-order chi connectivity index (χ0) is 30.7. The van der Waals surface area contributed by atoms with E-state index in [4.69, 9.17) is 33.2 Å². The van der Waals surface area contributed by atoms with Crippen LogP contribution in [0.3, 0.4) is 0 Å². The Morgan fingerprint density at radius 3 is 0.524 bits per heavy atom. The fourth-order valence-corrected chi connectivity index (χ4v) is 8.35. The van der Waals surface area contributed by atoms with Crippen LogP contribution in [0.4, 0.5) is 0 Å². The van der Waals surface area contributed by atoms with Crippen molar-refractivity contribution >= 4 is 51.9 Å². The molecule has 0 aromatic heterocycles. The van der Waals surface area contributed by atoms with Crippen LogP contribution in [0.25, 0.3) is 0 Å². The van der Waals surface area contributed by atoms with E-state index in [9.17, 15) is 0 Å². The lowest BCUT2D eigenvalue weighted by Gasteiger charge is -2.07. The van der Waals surface area contributed by atoms with E-state index in [1.165, 1.54) is 218 Å².